The molecule has 0 aromatic carbocycles. The van der Waals surface area contributed by atoms with Gasteiger partial charge in [-0.3, -0.25) is 4.99 Å². The Morgan fingerprint density at radius 2 is 2.25 bits per heavy atom. The van der Waals surface area contributed by atoms with Crippen LogP contribution in [0.4, 0.5) is 4.79 Å². The minimum Gasteiger partial charge on any atom is -0.449 e. The highest BCUT2D eigenvalue weighted by Crippen LogP contribution is 2.06. The van der Waals surface area contributed by atoms with Crippen LogP contribution in [0.25, 0.3) is 0 Å². The van der Waals surface area contributed by atoms with Gasteiger partial charge < -0.3 is 10.1 Å². The van der Waals surface area contributed by atoms with Crippen molar-refractivity contribution < 1.29 is 9.53 Å². The van der Waals surface area contributed by atoms with Crippen LogP contribution in [0, 0.1) is 0 Å². The molecule has 0 fully saturated rings. The lowest BCUT2D eigenvalue weighted by Gasteiger charge is -2.05. The molecule has 16 heavy (non-hydrogen) atoms. The topological polar surface area (TPSA) is 50.7 Å². The van der Waals surface area contributed by atoms with Crippen LogP contribution in [0.2, 0.25) is 0 Å². The second-order valence-electron chi connectivity index (χ2n) is 3.27. The molecule has 92 valence electrons. The van der Waals surface area contributed by atoms with Gasteiger partial charge in [-0.25, -0.2) is 4.79 Å². The van der Waals surface area contributed by atoms with Crippen molar-refractivity contribution in [3.8, 4) is 0 Å². The number of hydrogen-bond acceptors (Lipinski definition) is 3. The molecule has 0 bridgehead atoms. The molecule has 0 aliphatic carbocycles. The van der Waals surface area contributed by atoms with Gasteiger partial charge in [-0.2, -0.15) is 0 Å². The summed E-state index contributed by atoms with van der Waals surface area (Å²) < 4.78 is 5.76. The van der Waals surface area contributed by atoms with E-state index in [-0.39, 0.29) is 6.09 Å². The molecule has 0 spiro atoms. The number of nitrogens with zero attached hydrogens (tertiary/aromatic N) is 1. The van der Waals surface area contributed by atoms with Crippen molar-refractivity contribution in [2.75, 3.05) is 13.2 Å². The van der Waals surface area contributed by atoms with Gasteiger partial charge in [-0.15, -0.1) is 0 Å². The molecule has 0 saturated heterocycles. The molecule has 5 heteroatoms. The number of carbonyl (C=O) groups is 1. The standard InChI is InChI=1S/C11H19BrN2O2/c1-4-7-13-11(15)16-8-6-9(3)14-10(12)5-2/h5H,4,6-8H2,1-3H3,(H,13,15)/b10-5-,14-9+. The number of aliphatic imine (C=N–C) groups is 1. The largest absolute Gasteiger partial charge is 0.449 e. The van der Waals surface area contributed by atoms with E-state index in [1.807, 2.05) is 26.8 Å². The Kier molecular flexibility index (Phi) is 8.90. The van der Waals surface area contributed by atoms with Crippen molar-refractivity contribution in [3.63, 3.8) is 0 Å². The van der Waals surface area contributed by atoms with Crippen LogP contribution in [0.3, 0.4) is 0 Å². The number of ether oxygens (including phenoxy) is 1. The van der Waals surface area contributed by atoms with E-state index in [0.717, 1.165) is 16.7 Å². The lowest BCUT2D eigenvalue weighted by Crippen LogP contribution is -2.25. The van der Waals surface area contributed by atoms with Gasteiger partial charge in [0.15, 0.2) is 0 Å². The number of nitrogens with one attached hydrogen (secondary N) is 1. The number of carbonyl (C=O) groups excluding carboxylic acids is 1. The van der Waals surface area contributed by atoms with Gasteiger partial charge in [0.25, 0.3) is 0 Å². The number of allylic oxidation sites excluding steroid dienone is 1. The number of alkyl carbamates (subject to hydrolysis) is 1. The van der Waals surface area contributed by atoms with E-state index >= 15 is 0 Å². The first-order valence-electron chi connectivity index (χ1n) is 5.36. The maximum Gasteiger partial charge on any atom is 0.407 e. The normalized spacial score (nSPS) is 12.5. The Morgan fingerprint density at radius 3 is 2.81 bits per heavy atom. The highest BCUT2D eigenvalue weighted by molar-refractivity contribution is 9.11. The Morgan fingerprint density at radius 1 is 1.56 bits per heavy atom. The minimum atomic E-state index is -0.361. The summed E-state index contributed by atoms with van der Waals surface area (Å²) in [4.78, 5) is 15.3. The molecular weight excluding hydrogens is 272 g/mol. The molecule has 0 aliphatic heterocycles. The van der Waals surface area contributed by atoms with E-state index in [2.05, 4.69) is 26.2 Å². The van der Waals surface area contributed by atoms with Crippen LogP contribution in [0.15, 0.2) is 15.7 Å². The van der Waals surface area contributed by atoms with Crippen molar-refractivity contribution in [2.24, 2.45) is 4.99 Å². The Bertz CT molecular complexity index is 275. The molecule has 0 heterocycles. The lowest BCUT2D eigenvalue weighted by atomic mass is 10.3. The van der Waals surface area contributed by atoms with Crippen molar-refractivity contribution in [1.82, 2.24) is 5.32 Å². The molecule has 1 N–H and O–H groups in total. The average Bonchev–Trinajstić information content (AvgIpc) is 2.26. The maximum absolute atomic E-state index is 11.1. The van der Waals surface area contributed by atoms with Gasteiger partial charge >= 0.3 is 6.09 Å². The number of hydrogen-bond donors (Lipinski definition) is 1. The zero-order valence-corrected chi connectivity index (χ0v) is 11.6. The van der Waals surface area contributed by atoms with E-state index in [1.54, 1.807) is 0 Å². The average molecular weight is 291 g/mol. The third-order valence-corrected chi connectivity index (χ3v) is 2.39. The first kappa shape index (κ1) is 15.2. The van der Waals surface area contributed by atoms with Crippen molar-refractivity contribution in [3.05, 3.63) is 10.7 Å². The van der Waals surface area contributed by atoms with E-state index in [9.17, 15) is 4.79 Å². The van der Waals surface area contributed by atoms with Gasteiger partial charge in [0, 0.05) is 18.7 Å². The molecular formula is C11H19BrN2O2. The number of amides is 1. The van der Waals surface area contributed by atoms with Gasteiger partial charge in [-0.05, 0) is 36.2 Å². The summed E-state index contributed by atoms with van der Waals surface area (Å²) in [5, 5.41) is 2.64. The van der Waals surface area contributed by atoms with Crippen LogP contribution in [-0.4, -0.2) is 25.0 Å². The molecule has 0 atom stereocenters. The molecule has 0 rings (SSSR count). The molecule has 0 aromatic rings. The molecule has 0 saturated carbocycles. The van der Waals surface area contributed by atoms with E-state index < -0.39 is 0 Å². The first-order valence-corrected chi connectivity index (χ1v) is 6.16. The second-order valence-corrected chi connectivity index (χ2v) is 4.08. The summed E-state index contributed by atoms with van der Waals surface area (Å²) in [6, 6.07) is 0. The highest BCUT2D eigenvalue weighted by atomic mass is 79.9. The summed E-state index contributed by atoms with van der Waals surface area (Å²) in [6.07, 6.45) is 3.05. The van der Waals surface area contributed by atoms with Crippen LogP contribution >= 0.6 is 15.9 Å². The fourth-order valence-electron chi connectivity index (χ4n) is 0.872. The Labute approximate surface area is 105 Å². The molecule has 0 unspecified atom stereocenters. The maximum atomic E-state index is 11.1. The SMILES string of the molecule is C/C=C(Br)\N=C(/C)CCOC(=O)NCCC. The second kappa shape index (κ2) is 9.39. The fourth-order valence-corrected chi connectivity index (χ4v) is 1.18. The smallest absolute Gasteiger partial charge is 0.407 e. The predicted molar refractivity (Wildman–Crippen MR) is 70.1 cm³/mol. The monoisotopic (exact) mass is 290 g/mol. The summed E-state index contributed by atoms with van der Waals surface area (Å²) in [5.41, 5.74) is 0.924. The Hall–Kier alpha value is -0.840. The van der Waals surface area contributed by atoms with Crippen LogP contribution in [0.1, 0.15) is 33.6 Å². The van der Waals surface area contributed by atoms with Gasteiger partial charge in [0.05, 0.1) is 6.61 Å². The molecule has 0 radical (unpaired) electrons. The molecule has 0 aromatic heterocycles. The number of halogens is 1. The van der Waals surface area contributed by atoms with E-state index in [0.29, 0.717) is 19.6 Å². The van der Waals surface area contributed by atoms with Gasteiger partial charge in [0.2, 0.25) is 0 Å². The fraction of sp³-hybridized carbons (Fsp3) is 0.636. The van der Waals surface area contributed by atoms with Crippen LogP contribution in [-0.2, 0) is 4.74 Å². The lowest BCUT2D eigenvalue weighted by molar-refractivity contribution is 0.149. The van der Waals surface area contributed by atoms with E-state index in [1.165, 1.54) is 0 Å². The van der Waals surface area contributed by atoms with Crippen molar-refractivity contribution in [1.29, 1.82) is 0 Å². The van der Waals surface area contributed by atoms with Crippen LogP contribution < -0.4 is 5.32 Å². The first-order chi connectivity index (χ1) is 7.60. The quantitative estimate of drug-likeness (QED) is 0.603. The molecule has 1 amide bonds. The van der Waals surface area contributed by atoms with E-state index in [4.69, 9.17) is 4.74 Å². The summed E-state index contributed by atoms with van der Waals surface area (Å²) in [6.45, 7) is 6.80. The van der Waals surface area contributed by atoms with Crippen LogP contribution in [0.5, 0.6) is 0 Å². The zero-order valence-electron chi connectivity index (χ0n) is 10.0. The summed E-state index contributed by atoms with van der Waals surface area (Å²) in [7, 11) is 0. The Balaban J connectivity index is 3.73. The summed E-state index contributed by atoms with van der Waals surface area (Å²) >= 11 is 3.29. The molecule has 0 aliphatic rings. The minimum absolute atomic E-state index is 0.356. The van der Waals surface area contributed by atoms with Gasteiger partial charge in [0.1, 0.15) is 4.61 Å². The third-order valence-electron chi connectivity index (χ3n) is 1.75. The third kappa shape index (κ3) is 8.47. The van der Waals surface area contributed by atoms with Crippen molar-refractivity contribution in [2.45, 2.75) is 33.6 Å². The molecule has 4 nitrogen and oxygen atoms in total. The zero-order chi connectivity index (χ0) is 12.4. The van der Waals surface area contributed by atoms with Gasteiger partial charge in [-0.1, -0.05) is 13.0 Å². The summed E-state index contributed by atoms with van der Waals surface area (Å²) in [5.74, 6) is 0. The predicted octanol–water partition coefficient (Wildman–Crippen LogP) is 3.23. The highest BCUT2D eigenvalue weighted by Gasteiger charge is 2.00. The number of rotatable bonds is 6. The van der Waals surface area contributed by atoms with Crippen molar-refractivity contribution >= 4 is 27.7 Å².